The van der Waals surface area contributed by atoms with E-state index in [1.54, 1.807) is 37.8 Å². The molecule has 2 N–H and O–H groups in total. The van der Waals surface area contributed by atoms with Gasteiger partial charge < -0.3 is 15.4 Å². The van der Waals surface area contributed by atoms with Gasteiger partial charge in [0.15, 0.2) is 5.84 Å². The summed E-state index contributed by atoms with van der Waals surface area (Å²) in [4.78, 5) is 13.5. The Kier molecular flexibility index (Phi) is 5.64. The average Bonchev–Trinajstić information content (AvgIpc) is 2.23. The van der Waals surface area contributed by atoms with Crippen LogP contribution < -0.4 is 5.32 Å². The summed E-state index contributed by atoms with van der Waals surface area (Å²) < 4.78 is -0.341. The summed E-state index contributed by atoms with van der Waals surface area (Å²) in [6.07, 6.45) is 1.93. The SMILES string of the molecule is CNC(=O)C(C(=NO)N(C)C)C(C)(C)SC. The normalized spacial score (nSPS) is 14.5. The third kappa shape index (κ3) is 3.30. The van der Waals surface area contributed by atoms with Crippen LogP contribution in [0.3, 0.4) is 0 Å². The molecule has 0 heterocycles. The van der Waals surface area contributed by atoms with E-state index in [1.165, 1.54) is 0 Å². The fourth-order valence-corrected chi connectivity index (χ4v) is 1.86. The van der Waals surface area contributed by atoms with E-state index in [4.69, 9.17) is 5.21 Å². The van der Waals surface area contributed by atoms with Crippen molar-refractivity contribution in [2.75, 3.05) is 27.4 Å². The number of amidine groups is 1. The third-order valence-electron chi connectivity index (χ3n) is 2.55. The molecule has 1 amide bonds. The number of amides is 1. The number of hydrogen-bond acceptors (Lipinski definition) is 4. The minimum Gasteiger partial charge on any atom is -0.409 e. The molecule has 0 aliphatic carbocycles. The Morgan fingerprint density at radius 3 is 2.25 bits per heavy atom. The highest BCUT2D eigenvalue weighted by Crippen LogP contribution is 2.32. The van der Waals surface area contributed by atoms with Crippen LogP contribution in [0.2, 0.25) is 0 Å². The van der Waals surface area contributed by atoms with Gasteiger partial charge in [-0.05, 0) is 20.1 Å². The molecule has 94 valence electrons. The van der Waals surface area contributed by atoms with Crippen molar-refractivity contribution in [1.82, 2.24) is 10.2 Å². The molecule has 0 spiro atoms. The zero-order valence-electron chi connectivity index (χ0n) is 10.7. The standard InChI is InChI=1S/C10H21N3O2S/c1-10(2,16-6)7(9(14)11-3)8(12-15)13(4)5/h7,15H,1-6H3,(H,11,14). The molecule has 0 aliphatic rings. The number of nitrogens with zero attached hydrogens (tertiary/aromatic N) is 2. The van der Waals surface area contributed by atoms with Gasteiger partial charge in [-0.1, -0.05) is 5.16 Å². The lowest BCUT2D eigenvalue weighted by Gasteiger charge is -2.33. The van der Waals surface area contributed by atoms with Gasteiger partial charge in [-0.2, -0.15) is 11.8 Å². The predicted molar refractivity (Wildman–Crippen MR) is 68.1 cm³/mol. The minimum absolute atomic E-state index is 0.152. The maximum atomic E-state index is 11.9. The molecule has 1 unspecified atom stereocenters. The van der Waals surface area contributed by atoms with Crippen molar-refractivity contribution in [3.05, 3.63) is 0 Å². The first-order valence-electron chi connectivity index (χ1n) is 4.97. The number of rotatable bonds is 4. The van der Waals surface area contributed by atoms with E-state index in [2.05, 4.69) is 10.5 Å². The molecule has 5 nitrogen and oxygen atoms in total. The van der Waals surface area contributed by atoms with E-state index < -0.39 is 5.92 Å². The van der Waals surface area contributed by atoms with Crippen molar-refractivity contribution in [2.45, 2.75) is 18.6 Å². The summed E-state index contributed by atoms with van der Waals surface area (Å²) in [6, 6.07) is 0. The van der Waals surface area contributed by atoms with Gasteiger partial charge in [-0.25, -0.2) is 0 Å². The highest BCUT2D eigenvalue weighted by Gasteiger charge is 2.39. The molecular formula is C10H21N3O2S. The van der Waals surface area contributed by atoms with Crippen LogP contribution >= 0.6 is 11.8 Å². The maximum Gasteiger partial charge on any atom is 0.232 e. The molecule has 1 atom stereocenters. The molecule has 0 aliphatic heterocycles. The molecule has 0 aromatic heterocycles. The van der Waals surface area contributed by atoms with Gasteiger partial charge >= 0.3 is 0 Å². The Morgan fingerprint density at radius 2 is 2.00 bits per heavy atom. The van der Waals surface area contributed by atoms with Gasteiger partial charge in [-0.3, -0.25) is 4.79 Å². The van der Waals surface area contributed by atoms with Crippen molar-refractivity contribution in [2.24, 2.45) is 11.1 Å². The summed E-state index contributed by atoms with van der Waals surface area (Å²) in [5.74, 6) is -0.285. The van der Waals surface area contributed by atoms with E-state index in [0.29, 0.717) is 5.84 Å². The van der Waals surface area contributed by atoms with Crippen LogP contribution in [0.1, 0.15) is 13.8 Å². The topological polar surface area (TPSA) is 64.9 Å². The second-order valence-corrected chi connectivity index (χ2v) is 5.67. The maximum absolute atomic E-state index is 11.9. The Bertz CT molecular complexity index is 277. The van der Waals surface area contributed by atoms with Gasteiger partial charge in [-0.15, -0.1) is 0 Å². The van der Waals surface area contributed by atoms with Crippen molar-refractivity contribution in [1.29, 1.82) is 0 Å². The summed E-state index contributed by atoms with van der Waals surface area (Å²) in [7, 11) is 5.08. The number of thioether (sulfide) groups is 1. The van der Waals surface area contributed by atoms with Gasteiger partial charge in [0.2, 0.25) is 5.91 Å². The molecule has 0 fully saturated rings. The third-order valence-corrected chi connectivity index (χ3v) is 3.84. The molecule has 0 saturated heterocycles. The van der Waals surface area contributed by atoms with Crippen LogP contribution in [0.5, 0.6) is 0 Å². The van der Waals surface area contributed by atoms with Gasteiger partial charge in [0.25, 0.3) is 0 Å². The van der Waals surface area contributed by atoms with Crippen LogP contribution in [0, 0.1) is 5.92 Å². The molecular weight excluding hydrogens is 226 g/mol. The van der Waals surface area contributed by atoms with Gasteiger partial charge in [0.1, 0.15) is 5.92 Å². The highest BCUT2D eigenvalue weighted by molar-refractivity contribution is 8.00. The number of carbonyl (C=O) groups excluding carboxylic acids is 1. The number of carbonyl (C=O) groups is 1. The quantitative estimate of drug-likeness (QED) is 0.334. The molecule has 16 heavy (non-hydrogen) atoms. The van der Waals surface area contributed by atoms with E-state index in [0.717, 1.165) is 0 Å². The van der Waals surface area contributed by atoms with Crippen LogP contribution in [-0.2, 0) is 4.79 Å². The first-order chi connectivity index (χ1) is 7.31. The molecule has 0 saturated carbocycles. The largest absolute Gasteiger partial charge is 0.409 e. The fraction of sp³-hybridized carbons (Fsp3) is 0.800. The molecule has 0 aromatic rings. The van der Waals surface area contributed by atoms with E-state index >= 15 is 0 Å². The van der Waals surface area contributed by atoms with Crippen LogP contribution in [0.25, 0.3) is 0 Å². The van der Waals surface area contributed by atoms with Gasteiger partial charge in [0.05, 0.1) is 0 Å². The summed E-state index contributed by atoms with van der Waals surface area (Å²) >= 11 is 1.56. The second-order valence-electron chi connectivity index (χ2n) is 4.21. The van der Waals surface area contributed by atoms with E-state index in [1.807, 2.05) is 20.1 Å². The first kappa shape index (κ1) is 15.1. The molecule has 0 aromatic carbocycles. The fourth-order valence-electron chi connectivity index (χ4n) is 1.41. The number of oxime groups is 1. The second kappa shape index (κ2) is 5.98. The Morgan fingerprint density at radius 1 is 1.50 bits per heavy atom. The number of nitrogens with one attached hydrogen (secondary N) is 1. The zero-order valence-corrected chi connectivity index (χ0v) is 11.6. The molecule has 6 heteroatoms. The lowest BCUT2D eigenvalue weighted by Crippen LogP contribution is -2.49. The molecule has 0 radical (unpaired) electrons. The molecule has 0 rings (SSSR count). The average molecular weight is 247 g/mol. The van der Waals surface area contributed by atoms with Gasteiger partial charge in [0, 0.05) is 25.9 Å². The first-order valence-corrected chi connectivity index (χ1v) is 6.20. The summed E-state index contributed by atoms with van der Waals surface area (Å²) in [6.45, 7) is 3.90. The zero-order chi connectivity index (χ0) is 12.9. The monoisotopic (exact) mass is 247 g/mol. The van der Waals surface area contributed by atoms with Crippen molar-refractivity contribution in [3.63, 3.8) is 0 Å². The van der Waals surface area contributed by atoms with Crippen molar-refractivity contribution < 1.29 is 10.0 Å². The Hall–Kier alpha value is -0.910. The van der Waals surface area contributed by atoms with E-state index in [9.17, 15) is 4.79 Å². The van der Waals surface area contributed by atoms with Crippen LogP contribution in [0.4, 0.5) is 0 Å². The number of hydrogen-bond donors (Lipinski definition) is 2. The molecule has 0 bridgehead atoms. The Balaban J connectivity index is 5.33. The van der Waals surface area contributed by atoms with Crippen molar-refractivity contribution >= 4 is 23.5 Å². The minimum atomic E-state index is -0.493. The van der Waals surface area contributed by atoms with E-state index in [-0.39, 0.29) is 10.7 Å². The lowest BCUT2D eigenvalue weighted by molar-refractivity contribution is -0.123. The Labute approximate surface area is 101 Å². The summed E-state index contributed by atoms with van der Waals surface area (Å²) in [5.41, 5.74) is 0. The van der Waals surface area contributed by atoms with Crippen LogP contribution in [-0.4, -0.2) is 54.0 Å². The van der Waals surface area contributed by atoms with Crippen molar-refractivity contribution in [3.8, 4) is 0 Å². The smallest absolute Gasteiger partial charge is 0.232 e. The highest BCUT2D eigenvalue weighted by atomic mass is 32.2. The predicted octanol–water partition coefficient (Wildman–Crippen LogP) is 0.839. The lowest BCUT2D eigenvalue weighted by atomic mass is 9.92. The summed E-state index contributed by atoms with van der Waals surface area (Å²) in [5, 5.41) is 14.9. The van der Waals surface area contributed by atoms with Crippen LogP contribution in [0.15, 0.2) is 5.16 Å².